The third-order valence-electron chi connectivity index (χ3n) is 2.76. The number of cyclic esters (lactones) is 1. The second kappa shape index (κ2) is 4.04. The zero-order valence-corrected chi connectivity index (χ0v) is 8.64. The first-order valence-electron chi connectivity index (χ1n) is 6.63. The second-order valence-corrected chi connectivity index (χ2v) is 3.74. The highest BCUT2D eigenvalue weighted by Crippen LogP contribution is 2.27. The van der Waals surface area contributed by atoms with Gasteiger partial charge in [0.2, 0.25) is 0 Å². The largest absolute Gasteiger partial charge is 0.465 e. The summed E-state index contributed by atoms with van der Waals surface area (Å²) in [5.41, 5.74) is 0.858. The quantitative estimate of drug-likeness (QED) is 0.705. The van der Waals surface area contributed by atoms with Gasteiger partial charge in [-0.25, -0.2) is 4.98 Å². The van der Waals surface area contributed by atoms with Crippen molar-refractivity contribution in [3.63, 3.8) is 0 Å². The number of nitrogens with zero attached hydrogens (tertiary/aromatic N) is 2. The fourth-order valence-corrected chi connectivity index (χ4v) is 1.77. The molecule has 2 atom stereocenters. The summed E-state index contributed by atoms with van der Waals surface area (Å²) < 4.78 is 29.4. The van der Waals surface area contributed by atoms with Gasteiger partial charge in [0.1, 0.15) is 0 Å². The van der Waals surface area contributed by atoms with E-state index in [1.807, 2.05) is 7.05 Å². The van der Waals surface area contributed by atoms with Crippen molar-refractivity contribution in [3.8, 4) is 0 Å². The van der Waals surface area contributed by atoms with Crippen molar-refractivity contribution in [1.82, 2.24) is 9.55 Å². The van der Waals surface area contributed by atoms with Gasteiger partial charge < -0.3 is 9.30 Å². The van der Waals surface area contributed by atoms with Crippen LogP contribution in [0.2, 0.25) is 0 Å². The lowest BCUT2D eigenvalue weighted by Crippen LogP contribution is -2.18. The Morgan fingerprint density at radius 3 is 3.40 bits per heavy atom. The number of hydrogen-bond donors (Lipinski definition) is 0. The minimum atomic E-state index is -1.96. The number of ether oxygens (including phenoxy) is 1. The molecule has 0 aliphatic carbocycles. The lowest BCUT2D eigenvalue weighted by molar-refractivity contribution is -0.141. The molecule has 82 valence electrons. The van der Waals surface area contributed by atoms with Gasteiger partial charge >= 0.3 is 5.97 Å². The summed E-state index contributed by atoms with van der Waals surface area (Å²) in [4.78, 5) is 15.6. The maximum atomic E-state index is 11.6. The van der Waals surface area contributed by atoms with Crippen LogP contribution in [0, 0.1) is 11.8 Å². The Bertz CT molecular complexity index is 447. The highest BCUT2D eigenvalue weighted by atomic mass is 16.5. The average Bonchev–Trinajstić information content (AvgIpc) is 2.76. The minimum Gasteiger partial charge on any atom is -0.465 e. The van der Waals surface area contributed by atoms with Gasteiger partial charge in [-0.1, -0.05) is 6.90 Å². The number of rotatable bonds is 3. The summed E-state index contributed by atoms with van der Waals surface area (Å²) in [5.74, 6) is -1.61. The third-order valence-corrected chi connectivity index (χ3v) is 2.76. The molecule has 0 aromatic carbocycles. The van der Waals surface area contributed by atoms with Crippen LogP contribution in [0.4, 0.5) is 0 Å². The van der Waals surface area contributed by atoms with Gasteiger partial charge in [-0.15, -0.1) is 0 Å². The molecule has 1 fully saturated rings. The van der Waals surface area contributed by atoms with Gasteiger partial charge in [-0.2, -0.15) is 0 Å². The molecule has 4 heteroatoms. The van der Waals surface area contributed by atoms with Crippen molar-refractivity contribution >= 4 is 5.97 Å². The predicted octanol–water partition coefficient (Wildman–Crippen LogP) is 1.16. The summed E-state index contributed by atoms with van der Waals surface area (Å²) in [6, 6.07) is 0. The van der Waals surface area contributed by atoms with Crippen LogP contribution in [-0.2, 0) is 23.0 Å². The highest BCUT2D eigenvalue weighted by Gasteiger charge is 2.35. The van der Waals surface area contributed by atoms with Crippen LogP contribution in [0.3, 0.4) is 0 Å². The zero-order chi connectivity index (χ0) is 13.3. The number of carbonyl (C=O) groups excluding carboxylic acids is 1. The van der Waals surface area contributed by atoms with Gasteiger partial charge in [-0.05, 0) is 12.8 Å². The van der Waals surface area contributed by atoms with E-state index in [9.17, 15) is 4.79 Å². The van der Waals surface area contributed by atoms with Crippen molar-refractivity contribution in [1.29, 1.82) is 0 Å². The van der Waals surface area contributed by atoms with Gasteiger partial charge in [0.15, 0.2) is 0 Å². The smallest absolute Gasteiger partial charge is 0.309 e. The Balaban J connectivity index is 2.21. The number of imidazole rings is 1. The number of aryl methyl sites for hydroxylation is 1. The molecule has 0 radical (unpaired) electrons. The molecule has 0 bridgehead atoms. The summed E-state index contributed by atoms with van der Waals surface area (Å²) in [6.45, 7) is -1.86. The van der Waals surface area contributed by atoms with Crippen LogP contribution >= 0.6 is 0 Å². The SMILES string of the molecule is [2H]CC[C@@H]1C(=O)OC([2H])([2H])[C@@H]1Cc1cncn1C. The molecule has 0 amide bonds. The van der Waals surface area contributed by atoms with E-state index in [2.05, 4.69) is 4.98 Å². The second-order valence-electron chi connectivity index (χ2n) is 3.74. The fourth-order valence-electron chi connectivity index (χ4n) is 1.77. The molecular weight excluding hydrogens is 192 g/mol. The Labute approximate surface area is 93.5 Å². The Morgan fingerprint density at radius 2 is 2.73 bits per heavy atom. The average molecular weight is 211 g/mol. The number of esters is 1. The topological polar surface area (TPSA) is 44.1 Å². The first-order chi connectivity index (χ1) is 8.45. The normalized spacial score (nSPS) is 31.8. The van der Waals surface area contributed by atoms with Gasteiger partial charge in [0, 0.05) is 26.2 Å². The first-order valence-corrected chi connectivity index (χ1v) is 4.93. The molecule has 0 spiro atoms. The monoisotopic (exact) mass is 211 g/mol. The van der Waals surface area contributed by atoms with Crippen LogP contribution in [0.1, 0.15) is 23.1 Å². The van der Waals surface area contributed by atoms with Crippen LogP contribution < -0.4 is 0 Å². The van der Waals surface area contributed by atoms with E-state index in [0.29, 0.717) is 12.8 Å². The van der Waals surface area contributed by atoms with Crippen molar-refractivity contribution < 1.29 is 13.6 Å². The minimum absolute atomic E-state index is 0.0950. The molecule has 0 unspecified atom stereocenters. The molecule has 1 aliphatic rings. The zero-order valence-electron chi connectivity index (χ0n) is 11.6. The molecule has 1 aromatic heterocycles. The van der Waals surface area contributed by atoms with E-state index in [4.69, 9.17) is 8.85 Å². The van der Waals surface area contributed by atoms with E-state index in [-0.39, 0.29) is 6.90 Å². The Kier molecular flexibility index (Phi) is 1.90. The van der Waals surface area contributed by atoms with Gasteiger partial charge in [0.25, 0.3) is 0 Å². The number of carbonyl (C=O) groups is 1. The van der Waals surface area contributed by atoms with E-state index in [1.54, 1.807) is 17.1 Å². The maximum Gasteiger partial charge on any atom is 0.309 e. The molecule has 2 rings (SSSR count). The van der Waals surface area contributed by atoms with E-state index < -0.39 is 24.4 Å². The number of aromatic nitrogens is 2. The lowest BCUT2D eigenvalue weighted by Gasteiger charge is -2.12. The summed E-state index contributed by atoms with van der Waals surface area (Å²) >= 11 is 0. The van der Waals surface area contributed by atoms with Crippen molar-refractivity contribution in [2.24, 2.45) is 18.9 Å². The summed E-state index contributed by atoms with van der Waals surface area (Å²) in [5, 5.41) is 0. The van der Waals surface area contributed by atoms with Crippen LogP contribution in [0.15, 0.2) is 12.5 Å². The molecule has 15 heavy (non-hydrogen) atoms. The fraction of sp³-hybridized carbons (Fsp3) is 0.636. The first kappa shape index (κ1) is 7.04. The third kappa shape index (κ3) is 1.89. The van der Waals surface area contributed by atoms with Crippen molar-refractivity contribution in [2.75, 3.05) is 6.56 Å². The molecule has 0 saturated carbocycles. The summed E-state index contributed by atoms with van der Waals surface area (Å²) in [6.07, 6.45) is 4.03. The van der Waals surface area contributed by atoms with E-state index in [0.717, 1.165) is 5.69 Å². The van der Waals surface area contributed by atoms with Crippen molar-refractivity contribution in [2.45, 2.75) is 19.7 Å². The van der Waals surface area contributed by atoms with Crippen LogP contribution in [0.5, 0.6) is 0 Å². The molecule has 4 nitrogen and oxygen atoms in total. The van der Waals surface area contributed by atoms with E-state index >= 15 is 0 Å². The molecule has 2 heterocycles. The Morgan fingerprint density at radius 1 is 1.87 bits per heavy atom. The van der Waals surface area contributed by atoms with Crippen LogP contribution in [0.25, 0.3) is 0 Å². The van der Waals surface area contributed by atoms with Crippen molar-refractivity contribution in [3.05, 3.63) is 18.2 Å². The molecule has 1 aromatic rings. The molecule has 0 N–H and O–H groups in total. The standard InChI is InChI=1S/C11H16N2O2/c1-3-10-8(6-15-11(10)14)4-9-5-12-7-13(9)2/h5,7-8,10H,3-4,6H2,1-2H3/t8-,10-/m0/s1/i1D,6D2. The number of hydrogen-bond acceptors (Lipinski definition) is 3. The Hall–Kier alpha value is -1.32. The predicted molar refractivity (Wildman–Crippen MR) is 55.1 cm³/mol. The molecular formula is C11H16N2O2. The lowest BCUT2D eigenvalue weighted by atomic mass is 9.89. The van der Waals surface area contributed by atoms with Gasteiger partial charge in [-0.3, -0.25) is 4.79 Å². The summed E-state index contributed by atoms with van der Waals surface area (Å²) in [7, 11) is 1.83. The highest BCUT2D eigenvalue weighted by molar-refractivity contribution is 5.74. The molecule has 1 aliphatic heterocycles. The van der Waals surface area contributed by atoms with Crippen LogP contribution in [-0.4, -0.2) is 22.1 Å². The maximum absolute atomic E-state index is 11.6. The van der Waals surface area contributed by atoms with Gasteiger partial charge in [0.05, 0.1) is 21.5 Å². The van der Waals surface area contributed by atoms with E-state index in [1.165, 1.54) is 0 Å². The molecule has 1 saturated heterocycles.